The summed E-state index contributed by atoms with van der Waals surface area (Å²) in [6.45, 7) is 0. The Balaban J connectivity index is 2.18. The quantitative estimate of drug-likeness (QED) is 0.678. The fourth-order valence-corrected chi connectivity index (χ4v) is 1.59. The second kappa shape index (κ2) is 5.82. The van der Waals surface area contributed by atoms with Crippen LogP contribution in [-0.2, 0) is 11.0 Å². The molecule has 0 saturated heterocycles. The van der Waals surface area contributed by atoms with E-state index >= 15 is 0 Å². The van der Waals surface area contributed by atoms with Crippen LogP contribution in [0.15, 0.2) is 42.5 Å². The molecule has 21 heavy (non-hydrogen) atoms. The highest BCUT2D eigenvalue weighted by molar-refractivity contribution is 5.72. The zero-order valence-electron chi connectivity index (χ0n) is 10.4. The van der Waals surface area contributed by atoms with Gasteiger partial charge < -0.3 is 10.1 Å². The monoisotopic (exact) mass is 299 g/mol. The van der Waals surface area contributed by atoms with E-state index in [4.69, 9.17) is 4.74 Å². The minimum atomic E-state index is -4.42. The Labute approximate surface area is 117 Å². The van der Waals surface area contributed by atoms with Gasteiger partial charge in [0, 0.05) is 6.07 Å². The molecule has 0 saturated carbocycles. The van der Waals surface area contributed by atoms with E-state index < -0.39 is 17.6 Å². The standard InChI is InChI=1S/C14H9F4NO2/c15-12-6-5-11(7-13(12)19-8-20)21-10-3-1-9(2-4-10)14(16,17)18/h1-8H,(H,19,20). The number of carbonyl (C=O) groups excluding carboxylic acids is 1. The van der Waals surface area contributed by atoms with Crippen molar-refractivity contribution in [2.45, 2.75) is 6.18 Å². The van der Waals surface area contributed by atoms with Gasteiger partial charge in [0.2, 0.25) is 6.41 Å². The summed E-state index contributed by atoms with van der Waals surface area (Å²) in [6, 6.07) is 7.65. The van der Waals surface area contributed by atoms with E-state index in [-0.39, 0.29) is 17.2 Å². The van der Waals surface area contributed by atoms with Gasteiger partial charge in [0.05, 0.1) is 11.3 Å². The molecule has 2 rings (SSSR count). The van der Waals surface area contributed by atoms with Gasteiger partial charge in [-0.3, -0.25) is 4.79 Å². The van der Waals surface area contributed by atoms with Gasteiger partial charge in [-0.1, -0.05) is 0 Å². The van der Waals surface area contributed by atoms with E-state index in [0.29, 0.717) is 6.41 Å². The topological polar surface area (TPSA) is 38.3 Å². The van der Waals surface area contributed by atoms with E-state index in [1.807, 2.05) is 0 Å². The van der Waals surface area contributed by atoms with Crippen molar-refractivity contribution in [3.8, 4) is 11.5 Å². The molecule has 0 radical (unpaired) electrons. The van der Waals surface area contributed by atoms with Gasteiger partial charge in [0.1, 0.15) is 17.3 Å². The Bertz CT molecular complexity index is 638. The molecule has 0 bridgehead atoms. The zero-order valence-corrected chi connectivity index (χ0v) is 10.4. The second-order valence-corrected chi connectivity index (χ2v) is 4.03. The summed E-state index contributed by atoms with van der Waals surface area (Å²) in [5.41, 5.74) is -0.883. The lowest BCUT2D eigenvalue weighted by molar-refractivity contribution is -0.137. The summed E-state index contributed by atoms with van der Waals surface area (Å²) in [7, 11) is 0. The molecule has 0 aromatic heterocycles. The number of hydrogen-bond donors (Lipinski definition) is 1. The molecule has 2 aromatic rings. The van der Waals surface area contributed by atoms with Gasteiger partial charge in [-0.05, 0) is 36.4 Å². The Hall–Kier alpha value is -2.57. The first kappa shape index (κ1) is 14.8. The smallest absolute Gasteiger partial charge is 0.416 e. The van der Waals surface area contributed by atoms with E-state index in [0.717, 1.165) is 30.3 Å². The largest absolute Gasteiger partial charge is 0.457 e. The minimum Gasteiger partial charge on any atom is -0.457 e. The normalized spacial score (nSPS) is 11.0. The number of anilines is 1. The van der Waals surface area contributed by atoms with Crippen LogP contribution >= 0.6 is 0 Å². The number of amides is 1. The van der Waals surface area contributed by atoms with Crippen molar-refractivity contribution in [1.82, 2.24) is 0 Å². The molecule has 1 amide bonds. The molecule has 0 fully saturated rings. The molecule has 0 unspecified atom stereocenters. The molecule has 0 heterocycles. The van der Waals surface area contributed by atoms with Crippen LogP contribution in [0.1, 0.15) is 5.56 Å². The summed E-state index contributed by atoms with van der Waals surface area (Å²) in [4.78, 5) is 10.3. The number of hydrogen-bond acceptors (Lipinski definition) is 2. The first-order valence-corrected chi connectivity index (χ1v) is 5.75. The number of halogens is 4. The molecule has 0 aliphatic heterocycles. The van der Waals surface area contributed by atoms with Crippen LogP contribution in [0.4, 0.5) is 23.2 Å². The molecule has 2 aromatic carbocycles. The average Bonchev–Trinajstić information content (AvgIpc) is 2.42. The number of rotatable bonds is 4. The number of ether oxygens (including phenoxy) is 1. The predicted molar refractivity (Wildman–Crippen MR) is 67.6 cm³/mol. The molecule has 0 aliphatic rings. The van der Waals surface area contributed by atoms with E-state index in [1.165, 1.54) is 12.1 Å². The van der Waals surface area contributed by atoms with Crippen molar-refractivity contribution < 1.29 is 27.1 Å². The molecular formula is C14H9F4NO2. The highest BCUT2D eigenvalue weighted by atomic mass is 19.4. The maximum atomic E-state index is 13.3. The van der Waals surface area contributed by atoms with Gasteiger partial charge in [-0.25, -0.2) is 4.39 Å². The van der Waals surface area contributed by atoms with Crippen molar-refractivity contribution >= 4 is 12.1 Å². The highest BCUT2D eigenvalue weighted by Crippen LogP contribution is 2.32. The Morgan fingerprint density at radius 3 is 2.19 bits per heavy atom. The van der Waals surface area contributed by atoms with Crippen LogP contribution in [0.2, 0.25) is 0 Å². The first-order chi connectivity index (χ1) is 9.90. The fourth-order valence-electron chi connectivity index (χ4n) is 1.59. The molecule has 1 N–H and O–H groups in total. The fraction of sp³-hybridized carbons (Fsp3) is 0.0714. The van der Waals surface area contributed by atoms with E-state index in [1.54, 1.807) is 0 Å². The molecule has 0 aliphatic carbocycles. The van der Waals surface area contributed by atoms with Gasteiger partial charge in [-0.15, -0.1) is 0 Å². The van der Waals surface area contributed by atoms with Crippen LogP contribution in [0.3, 0.4) is 0 Å². The zero-order chi connectivity index (χ0) is 15.5. The third-order valence-electron chi connectivity index (χ3n) is 2.57. The number of carbonyl (C=O) groups is 1. The Morgan fingerprint density at radius 1 is 1.00 bits per heavy atom. The Morgan fingerprint density at radius 2 is 1.62 bits per heavy atom. The maximum absolute atomic E-state index is 13.3. The minimum absolute atomic E-state index is 0.0885. The lowest BCUT2D eigenvalue weighted by atomic mass is 10.2. The maximum Gasteiger partial charge on any atom is 0.416 e. The molecule has 3 nitrogen and oxygen atoms in total. The second-order valence-electron chi connectivity index (χ2n) is 4.03. The van der Waals surface area contributed by atoms with Crippen molar-refractivity contribution in [3.63, 3.8) is 0 Å². The first-order valence-electron chi connectivity index (χ1n) is 5.75. The van der Waals surface area contributed by atoms with Crippen LogP contribution in [0, 0.1) is 5.82 Å². The van der Waals surface area contributed by atoms with Crippen molar-refractivity contribution in [2.24, 2.45) is 0 Å². The van der Waals surface area contributed by atoms with Crippen molar-refractivity contribution in [3.05, 3.63) is 53.8 Å². The molecule has 0 spiro atoms. The predicted octanol–water partition coefficient (Wildman–Crippen LogP) is 4.21. The summed E-state index contributed by atoms with van der Waals surface area (Å²) in [5, 5.41) is 2.15. The number of nitrogens with one attached hydrogen (secondary N) is 1. The van der Waals surface area contributed by atoms with Crippen LogP contribution in [-0.4, -0.2) is 6.41 Å². The van der Waals surface area contributed by atoms with Gasteiger partial charge in [-0.2, -0.15) is 13.2 Å². The third-order valence-corrected chi connectivity index (χ3v) is 2.57. The van der Waals surface area contributed by atoms with Crippen LogP contribution < -0.4 is 10.1 Å². The van der Waals surface area contributed by atoms with Gasteiger partial charge in [0.15, 0.2) is 0 Å². The van der Waals surface area contributed by atoms with Crippen LogP contribution in [0.5, 0.6) is 11.5 Å². The summed E-state index contributed by atoms with van der Waals surface area (Å²) < 4.78 is 55.8. The van der Waals surface area contributed by atoms with E-state index in [9.17, 15) is 22.4 Å². The number of alkyl halides is 3. The van der Waals surface area contributed by atoms with Crippen LogP contribution in [0.25, 0.3) is 0 Å². The Kier molecular flexibility index (Phi) is 4.11. The average molecular weight is 299 g/mol. The third kappa shape index (κ3) is 3.71. The lowest BCUT2D eigenvalue weighted by Crippen LogP contribution is -2.04. The van der Waals surface area contributed by atoms with E-state index in [2.05, 4.69) is 5.32 Å². The summed E-state index contributed by atoms with van der Waals surface area (Å²) >= 11 is 0. The molecule has 0 atom stereocenters. The SMILES string of the molecule is O=CNc1cc(Oc2ccc(C(F)(F)F)cc2)ccc1F. The molecule has 7 heteroatoms. The van der Waals surface area contributed by atoms with Gasteiger partial charge >= 0.3 is 6.18 Å². The molecular weight excluding hydrogens is 290 g/mol. The van der Waals surface area contributed by atoms with Crippen molar-refractivity contribution in [2.75, 3.05) is 5.32 Å². The van der Waals surface area contributed by atoms with Gasteiger partial charge in [0.25, 0.3) is 0 Å². The van der Waals surface area contributed by atoms with Crippen molar-refractivity contribution in [1.29, 1.82) is 0 Å². The molecule has 110 valence electrons. The summed E-state index contributed by atoms with van der Waals surface area (Å²) in [5.74, 6) is -0.311. The highest BCUT2D eigenvalue weighted by Gasteiger charge is 2.30. The lowest BCUT2D eigenvalue weighted by Gasteiger charge is -2.10. The summed E-state index contributed by atoms with van der Waals surface area (Å²) in [6.07, 6.45) is -4.12. The number of benzene rings is 2.